The van der Waals surface area contributed by atoms with E-state index in [9.17, 15) is 19.2 Å². The van der Waals surface area contributed by atoms with Crippen LogP contribution in [0.15, 0.2) is 18.2 Å². The van der Waals surface area contributed by atoms with Gasteiger partial charge in [-0.15, -0.1) is 0 Å². The van der Waals surface area contributed by atoms with E-state index in [2.05, 4.69) is 10.6 Å². The fourth-order valence-electron chi connectivity index (χ4n) is 4.51. The number of hydrogen-bond donors (Lipinski definition) is 2. The average molecular weight is 511 g/mol. The normalized spacial score (nSPS) is 21.9. The summed E-state index contributed by atoms with van der Waals surface area (Å²) in [7, 11) is 1.45. The Balaban J connectivity index is 1.83. The molecule has 35 heavy (non-hydrogen) atoms. The largest absolute Gasteiger partial charge is 0.495 e. The predicted octanol–water partition coefficient (Wildman–Crippen LogP) is 2.63. The van der Waals surface area contributed by atoms with E-state index < -0.39 is 46.7 Å². The smallest absolute Gasteiger partial charge is 0.427 e. The van der Waals surface area contributed by atoms with Gasteiger partial charge < -0.3 is 19.5 Å². The summed E-state index contributed by atoms with van der Waals surface area (Å²) in [5, 5.41) is 5.62. The molecule has 192 valence electrons. The second-order valence-corrected chi connectivity index (χ2v) is 9.41. The second-order valence-electron chi connectivity index (χ2n) is 9.04. The van der Waals surface area contributed by atoms with Gasteiger partial charge in [0, 0.05) is 19.4 Å². The highest BCUT2D eigenvalue weighted by atomic mass is 35.5. The predicted molar refractivity (Wildman–Crippen MR) is 127 cm³/mol. The first-order valence-electron chi connectivity index (χ1n) is 11.8. The molecule has 0 radical (unpaired) electrons. The summed E-state index contributed by atoms with van der Waals surface area (Å²) in [6.07, 6.45) is -0.234. The van der Waals surface area contributed by atoms with Crippen molar-refractivity contribution in [1.29, 1.82) is 0 Å². The number of likely N-dealkylation sites (tertiary alicyclic amines) is 1. The molecule has 4 amide bonds. The average Bonchev–Trinajstić information content (AvgIpc) is 3.45. The van der Waals surface area contributed by atoms with Gasteiger partial charge in [-0.05, 0) is 25.0 Å². The van der Waals surface area contributed by atoms with Gasteiger partial charge >= 0.3 is 17.9 Å². The Morgan fingerprint density at radius 1 is 1.23 bits per heavy atom. The van der Waals surface area contributed by atoms with Crippen LogP contribution in [0, 0.1) is 5.92 Å². The van der Waals surface area contributed by atoms with Gasteiger partial charge in [-0.3, -0.25) is 14.9 Å². The van der Waals surface area contributed by atoms with E-state index in [1.165, 1.54) is 13.2 Å². The first kappa shape index (κ1) is 26.9. The zero-order valence-electron chi connectivity index (χ0n) is 20.5. The topological polar surface area (TPSA) is 120 Å². The third-order valence-electron chi connectivity index (χ3n) is 6.40. The Morgan fingerprint density at radius 2 is 1.91 bits per heavy atom. The van der Waals surface area contributed by atoms with Crippen molar-refractivity contribution in [1.82, 2.24) is 10.6 Å². The molecule has 0 unspecified atom stereocenters. The van der Waals surface area contributed by atoms with Crippen molar-refractivity contribution in [2.24, 2.45) is 5.92 Å². The van der Waals surface area contributed by atoms with E-state index in [-0.39, 0.29) is 36.0 Å². The van der Waals surface area contributed by atoms with Gasteiger partial charge in [-0.25, -0.2) is 9.59 Å². The molecule has 0 saturated carbocycles. The number of benzene rings is 1. The molecule has 0 bridgehead atoms. The standard InChI is InChI=1S/C24H32ClN3O7/c1-5-34-17-13-18(29)35-22(17)27-24(32)28(11-6-7-12-28)23(31)20(14(2)3)26-21(30)15-9-8-10-16(33-4)19(15)25/h8-10,14,17,20,22H,5-7,11-13H2,1-4H3,(H-,26,27,30,32)/p+1/t17-,20-,22+/m0/s1. The van der Waals surface area contributed by atoms with E-state index in [4.69, 9.17) is 25.8 Å². The zero-order chi connectivity index (χ0) is 25.8. The third kappa shape index (κ3) is 5.60. The number of quaternary nitrogens is 1. The monoisotopic (exact) mass is 510 g/mol. The number of ether oxygens (including phenoxy) is 3. The molecule has 2 aliphatic heterocycles. The number of carbonyl (C=O) groups is 4. The number of nitrogens with one attached hydrogen (secondary N) is 2. The second kappa shape index (κ2) is 11.4. The fraction of sp³-hybridized carbons (Fsp3) is 0.583. The quantitative estimate of drug-likeness (QED) is 0.407. The Hall–Kier alpha value is -2.69. The lowest BCUT2D eigenvalue weighted by atomic mass is 10.0. The lowest BCUT2D eigenvalue weighted by Crippen LogP contribution is -2.67. The first-order chi connectivity index (χ1) is 16.6. The van der Waals surface area contributed by atoms with Crippen molar-refractivity contribution < 1.29 is 37.9 Å². The molecule has 2 aliphatic rings. The maximum Gasteiger partial charge on any atom is 0.427 e. The van der Waals surface area contributed by atoms with Crippen molar-refractivity contribution in [3.05, 3.63) is 28.8 Å². The molecule has 2 N–H and O–H groups in total. The minimum atomic E-state index is -0.971. The minimum Gasteiger partial charge on any atom is -0.495 e. The molecule has 0 aromatic heterocycles. The Labute approximate surface area is 209 Å². The van der Waals surface area contributed by atoms with E-state index in [0.29, 0.717) is 25.2 Å². The van der Waals surface area contributed by atoms with Crippen LogP contribution in [0.3, 0.4) is 0 Å². The van der Waals surface area contributed by atoms with Gasteiger partial charge in [0.2, 0.25) is 6.23 Å². The van der Waals surface area contributed by atoms with Crippen LogP contribution in [-0.2, 0) is 19.1 Å². The van der Waals surface area contributed by atoms with Crippen LogP contribution in [0.1, 0.15) is 50.4 Å². The molecule has 2 heterocycles. The molecule has 2 saturated heterocycles. The Morgan fingerprint density at radius 3 is 2.51 bits per heavy atom. The van der Waals surface area contributed by atoms with Gasteiger partial charge in [0.25, 0.3) is 5.91 Å². The van der Waals surface area contributed by atoms with Gasteiger partial charge in [0.15, 0.2) is 0 Å². The van der Waals surface area contributed by atoms with E-state index in [0.717, 1.165) is 0 Å². The van der Waals surface area contributed by atoms with Gasteiger partial charge in [0.1, 0.15) is 17.9 Å². The Kier molecular flexibility index (Phi) is 8.74. The number of halogens is 1. The molecule has 0 spiro atoms. The molecule has 0 aliphatic carbocycles. The summed E-state index contributed by atoms with van der Waals surface area (Å²) in [6, 6.07) is 3.27. The number of imide groups is 1. The molecule has 2 fully saturated rings. The molecule has 1 aromatic rings. The van der Waals surface area contributed by atoms with E-state index >= 15 is 0 Å². The van der Waals surface area contributed by atoms with Crippen LogP contribution in [0.4, 0.5) is 4.79 Å². The number of cyclic esters (lactones) is 1. The lowest BCUT2D eigenvalue weighted by Gasteiger charge is -2.34. The van der Waals surface area contributed by atoms with Crippen LogP contribution < -0.4 is 15.4 Å². The van der Waals surface area contributed by atoms with Gasteiger partial charge in [-0.1, -0.05) is 31.5 Å². The number of carbonyl (C=O) groups excluding carboxylic acids is 4. The minimum absolute atomic E-state index is 0.0265. The van der Waals surface area contributed by atoms with Crippen LogP contribution in [-0.4, -0.2) is 73.5 Å². The van der Waals surface area contributed by atoms with Crippen LogP contribution in [0.2, 0.25) is 5.02 Å². The van der Waals surface area contributed by atoms with Crippen molar-refractivity contribution in [3.8, 4) is 5.75 Å². The molecule has 11 heteroatoms. The lowest BCUT2D eigenvalue weighted by molar-refractivity contribution is -0.761. The number of esters is 1. The number of rotatable bonds is 8. The van der Waals surface area contributed by atoms with Crippen molar-refractivity contribution in [2.75, 3.05) is 26.8 Å². The number of hydrogen-bond acceptors (Lipinski definition) is 7. The summed E-state index contributed by atoms with van der Waals surface area (Å²) < 4.78 is 15.4. The van der Waals surface area contributed by atoms with E-state index in [1.54, 1.807) is 32.9 Å². The summed E-state index contributed by atoms with van der Waals surface area (Å²) in [5.41, 5.74) is 0.166. The van der Waals surface area contributed by atoms with Crippen molar-refractivity contribution in [2.45, 2.75) is 58.4 Å². The summed E-state index contributed by atoms with van der Waals surface area (Å²) in [6.45, 7) is 6.28. The highest BCUT2D eigenvalue weighted by Crippen LogP contribution is 2.29. The van der Waals surface area contributed by atoms with Gasteiger partial charge in [0.05, 0.1) is 37.2 Å². The third-order valence-corrected chi connectivity index (χ3v) is 6.79. The highest BCUT2D eigenvalue weighted by molar-refractivity contribution is 6.35. The molecule has 3 atom stereocenters. The van der Waals surface area contributed by atoms with Crippen LogP contribution in [0.25, 0.3) is 0 Å². The molecular formula is C24H33ClN3O7+. The SMILES string of the molecule is CCO[C@H]1CC(=O)O[C@H]1NC(=O)[N+]1(C(=O)[C@@H](NC(=O)c2cccc(OC)c2Cl)C(C)C)CCCC1. The summed E-state index contributed by atoms with van der Waals surface area (Å²) >= 11 is 6.31. The summed E-state index contributed by atoms with van der Waals surface area (Å²) in [5.74, 6) is -1.42. The number of urea groups is 1. The maximum atomic E-state index is 13.9. The van der Waals surface area contributed by atoms with E-state index in [1.807, 2.05) is 0 Å². The first-order valence-corrected chi connectivity index (χ1v) is 12.2. The molecule has 1 aromatic carbocycles. The number of methoxy groups -OCH3 is 1. The highest BCUT2D eigenvalue weighted by Gasteiger charge is 2.53. The summed E-state index contributed by atoms with van der Waals surface area (Å²) in [4.78, 5) is 52.2. The fourth-order valence-corrected chi connectivity index (χ4v) is 4.80. The number of amides is 4. The number of nitrogens with zero attached hydrogens (tertiary/aromatic N) is 1. The Bertz CT molecular complexity index is 978. The van der Waals surface area contributed by atoms with Gasteiger partial charge in [-0.2, -0.15) is 4.48 Å². The molecule has 10 nitrogen and oxygen atoms in total. The molecular weight excluding hydrogens is 478 g/mol. The van der Waals surface area contributed by atoms with Crippen molar-refractivity contribution >= 4 is 35.4 Å². The van der Waals surface area contributed by atoms with Crippen LogP contribution in [0.5, 0.6) is 5.75 Å². The zero-order valence-corrected chi connectivity index (χ0v) is 21.2. The van der Waals surface area contributed by atoms with Crippen LogP contribution >= 0.6 is 11.6 Å². The molecule has 3 rings (SSSR count). The maximum absolute atomic E-state index is 13.9. The van der Waals surface area contributed by atoms with Crippen molar-refractivity contribution in [3.63, 3.8) is 0 Å².